The molecular formula is C24H20F4N2O4. The fourth-order valence-electron chi connectivity index (χ4n) is 2.94. The van der Waals surface area contributed by atoms with Crippen molar-refractivity contribution in [3.05, 3.63) is 83.7 Å². The summed E-state index contributed by atoms with van der Waals surface area (Å²) < 4.78 is 64.6. The van der Waals surface area contributed by atoms with E-state index in [1.807, 2.05) is 0 Å². The molecule has 0 unspecified atom stereocenters. The average molecular weight is 476 g/mol. The molecule has 0 atom stereocenters. The lowest BCUT2D eigenvalue weighted by Gasteiger charge is -2.16. The first kappa shape index (κ1) is 24.6. The van der Waals surface area contributed by atoms with Crippen LogP contribution >= 0.6 is 0 Å². The Balaban J connectivity index is 1.72. The molecule has 6 nitrogen and oxygen atoms in total. The minimum absolute atomic E-state index is 0.0665. The number of carbonyl (C=O) groups excluding carboxylic acids is 2. The Hall–Kier alpha value is -4.08. The molecule has 0 saturated heterocycles. The van der Waals surface area contributed by atoms with Crippen molar-refractivity contribution in [3.8, 4) is 11.5 Å². The standard InChI is InChI=1S/C24H20F4N2O4/c1-2-33-20-5-3-4-6-21(20)34-14-22(31)30-19-12-11-17(13-18(19)24(26,27)28)29-23(32)15-7-9-16(25)10-8-15/h3-13H,2,14H2,1H3,(H,29,32)(H,30,31). The number of hydrogen-bond donors (Lipinski definition) is 2. The Labute approximate surface area is 192 Å². The molecule has 0 spiro atoms. The number of para-hydroxylation sites is 2. The molecule has 0 fully saturated rings. The van der Waals surface area contributed by atoms with Crippen molar-refractivity contribution in [1.82, 2.24) is 0 Å². The minimum atomic E-state index is -4.82. The summed E-state index contributed by atoms with van der Waals surface area (Å²) >= 11 is 0. The van der Waals surface area contributed by atoms with Gasteiger partial charge in [0.05, 0.1) is 17.9 Å². The summed E-state index contributed by atoms with van der Waals surface area (Å²) in [5.41, 5.74) is -1.75. The zero-order valence-electron chi connectivity index (χ0n) is 17.9. The van der Waals surface area contributed by atoms with E-state index >= 15 is 0 Å². The first-order chi connectivity index (χ1) is 16.2. The summed E-state index contributed by atoms with van der Waals surface area (Å²) in [6, 6.07) is 14.0. The van der Waals surface area contributed by atoms with Crippen molar-refractivity contribution in [2.75, 3.05) is 23.8 Å². The molecule has 0 radical (unpaired) electrons. The van der Waals surface area contributed by atoms with Crippen LogP contribution in [-0.4, -0.2) is 25.0 Å². The molecule has 10 heteroatoms. The van der Waals surface area contributed by atoms with Crippen molar-refractivity contribution in [3.63, 3.8) is 0 Å². The third-order valence-corrected chi connectivity index (χ3v) is 4.47. The number of carbonyl (C=O) groups is 2. The Kier molecular flexibility index (Phi) is 7.72. The van der Waals surface area contributed by atoms with Crippen LogP contribution in [0.4, 0.5) is 28.9 Å². The highest BCUT2D eigenvalue weighted by molar-refractivity contribution is 6.04. The monoisotopic (exact) mass is 476 g/mol. The summed E-state index contributed by atoms with van der Waals surface area (Å²) in [7, 11) is 0. The van der Waals surface area contributed by atoms with Crippen LogP contribution in [0.5, 0.6) is 11.5 Å². The van der Waals surface area contributed by atoms with Gasteiger partial charge in [0.15, 0.2) is 18.1 Å². The van der Waals surface area contributed by atoms with Crippen LogP contribution in [0.15, 0.2) is 66.7 Å². The van der Waals surface area contributed by atoms with Crippen LogP contribution in [0, 0.1) is 5.82 Å². The van der Waals surface area contributed by atoms with Crippen LogP contribution in [-0.2, 0) is 11.0 Å². The van der Waals surface area contributed by atoms with Gasteiger partial charge in [-0.3, -0.25) is 9.59 Å². The third kappa shape index (κ3) is 6.47. The number of ether oxygens (including phenoxy) is 2. The SMILES string of the molecule is CCOc1ccccc1OCC(=O)Nc1ccc(NC(=O)c2ccc(F)cc2)cc1C(F)(F)F. The number of hydrogen-bond acceptors (Lipinski definition) is 4. The van der Waals surface area contributed by atoms with Gasteiger partial charge < -0.3 is 20.1 Å². The van der Waals surface area contributed by atoms with Crippen LogP contribution in [0.1, 0.15) is 22.8 Å². The summed E-state index contributed by atoms with van der Waals surface area (Å²) in [5, 5.41) is 4.50. The first-order valence-electron chi connectivity index (χ1n) is 10.1. The largest absolute Gasteiger partial charge is 0.490 e. The van der Waals surface area contributed by atoms with Gasteiger partial charge in [0.2, 0.25) is 0 Å². The fourth-order valence-corrected chi connectivity index (χ4v) is 2.94. The Morgan fingerprint density at radius 2 is 1.53 bits per heavy atom. The summed E-state index contributed by atoms with van der Waals surface area (Å²) in [4.78, 5) is 24.5. The van der Waals surface area contributed by atoms with Gasteiger partial charge in [-0.1, -0.05) is 12.1 Å². The highest BCUT2D eigenvalue weighted by atomic mass is 19.4. The molecule has 2 N–H and O–H groups in total. The molecule has 0 heterocycles. The molecule has 0 aliphatic rings. The number of rotatable bonds is 8. The highest BCUT2D eigenvalue weighted by Gasteiger charge is 2.34. The molecule has 3 rings (SSSR count). The summed E-state index contributed by atoms with van der Waals surface area (Å²) in [6.45, 7) is 1.59. The van der Waals surface area contributed by atoms with E-state index in [9.17, 15) is 27.2 Å². The quantitative estimate of drug-likeness (QED) is 0.420. The molecule has 2 amide bonds. The molecule has 0 aliphatic carbocycles. The van der Waals surface area contributed by atoms with E-state index in [0.717, 1.165) is 18.2 Å². The van der Waals surface area contributed by atoms with Gasteiger partial charge in [-0.05, 0) is 61.5 Å². The van der Waals surface area contributed by atoms with Crippen LogP contribution in [0.2, 0.25) is 0 Å². The number of amides is 2. The Morgan fingerprint density at radius 3 is 2.15 bits per heavy atom. The van der Waals surface area contributed by atoms with Crippen molar-refractivity contribution >= 4 is 23.2 Å². The van der Waals surface area contributed by atoms with Gasteiger partial charge in [0.25, 0.3) is 11.8 Å². The second-order valence-electron chi connectivity index (χ2n) is 6.94. The topological polar surface area (TPSA) is 76.7 Å². The number of alkyl halides is 3. The van der Waals surface area contributed by atoms with Gasteiger partial charge in [-0.25, -0.2) is 4.39 Å². The van der Waals surface area contributed by atoms with Crippen molar-refractivity contribution in [1.29, 1.82) is 0 Å². The van der Waals surface area contributed by atoms with Crippen molar-refractivity contribution < 1.29 is 36.6 Å². The molecule has 178 valence electrons. The lowest BCUT2D eigenvalue weighted by molar-refractivity contribution is -0.137. The number of nitrogens with one attached hydrogen (secondary N) is 2. The van der Waals surface area contributed by atoms with E-state index < -0.39 is 41.7 Å². The predicted octanol–water partition coefficient (Wildman–Crippen LogP) is 5.51. The van der Waals surface area contributed by atoms with Crippen molar-refractivity contribution in [2.24, 2.45) is 0 Å². The Bertz CT molecular complexity index is 1160. The predicted molar refractivity (Wildman–Crippen MR) is 118 cm³/mol. The molecule has 3 aromatic carbocycles. The number of anilines is 2. The van der Waals surface area contributed by atoms with Crippen LogP contribution in [0.3, 0.4) is 0 Å². The normalized spacial score (nSPS) is 11.0. The molecule has 0 aromatic heterocycles. The van der Waals surface area contributed by atoms with Crippen LogP contribution in [0.25, 0.3) is 0 Å². The third-order valence-electron chi connectivity index (χ3n) is 4.47. The van der Waals surface area contributed by atoms with E-state index in [2.05, 4.69) is 10.6 Å². The maximum absolute atomic E-state index is 13.6. The lowest BCUT2D eigenvalue weighted by Crippen LogP contribution is -2.23. The number of benzene rings is 3. The zero-order chi connectivity index (χ0) is 24.7. The zero-order valence-corrected chi connectivity index (χ0v) is 17.9. The second kappa shape index (κ2) is 10.7. The second-order valence-corrected chi connectivity index (χ2v) is 6.94. The molecule has 0 bridgehead atoms. The van der Waals surface area contributed by atoms with E-state index in [0.29, 0.717) is 18.4 Å². The lowest BCUT2D eigenvalue weighted by atomic mass is 10.1. The van der Waals surface area contributed by atoms with Crippen LogP contribution < -0.4 is 20.1 Å². The smallest absolute Gasteiger partial charge is 0.418 e. The van der Waals surface area contributed by atoms with E-state index in [1.165, 1.54) is 18.2 Å². The summed E-state index contributed by atoms with van der Waals surface area (Å²) in [5.74, 6) is -1.42. The van der Waals surface area contributed by atoms with Crippen molar-refractivity contribution in [2.45, 2.75) is 13.1 Å². The maximum atomic E-state index is 13.6. The van der Waals surface area contributed by atoms with E-state index in [1.54, 1.807) is 31.2 Å². The molecule has 34 heavy (non-hydrogen) atoms. The minimum Gasteiger partial charge on any atom is -0.490 e. The fraction of sp³-hybridized carbons (Fsp3) is 0.167. The van der Waals surface area contributed by atoms with Gasteiger partial charge in [0.1, 0.15) is 5.82 Å². The average Bonchev–Trinajstić information content (AvgIpc) is 2.79. The molecular weight excluding hydrogens is 456 g/mol. The Morgan fingerprint density at radius 1 is 0.882 bits per heavy atom. The van der Waals surface area contributed by atoms with Gasteiger partial charge in [0, 0.05) is 11.3 Å². The van der Waals surface area contributed by atoms with Gasteiger partial charge in [-0.2, -0.15) is 13.2 Å². The van der Waals surface area contributed by atoms with Gasteiger partial charge >= 0.3 is 6.18 Å². The van der Waals surface area contributed by atoms with Gasteiger partial charge in [-0.15, -0.1) is 0 Å². The summed E-state index contributed by atoms with van der Waals surface area (Å²) in [6.07, 6.45) is -4.82. The molecule has 3 aromatic rings. The first-order valence-corrected chi connectivity index (χ1v) is 10.1. The molecule has 0 saturated carbocycles. The molecule has 0 aliphatic heterocycles. The van der Waals surface area contributed by atoms with E-state index in [-0.39, 0.29) is 17.0 Å². The van der Waals surface area contributed by atoms with E-state index in [4.69, 9.17) is 9.47 Å². The highest BCUT2D eigenvalue weighted by Crippen LogP contribution is 2.37. The maximum Gasteiger partial charge on any atom is 0.418 e. The number of halogens is 4.